The summed E-state index contributed by atoms with van der Waals surface area (Å²) in [5.74, 6) is 0.836. The number of amides is 1. The van der Waals surface area contributed by atoms with Crippen molar-refractivity contribution in [3.05, 3.63) is 0 Å². The molecule has 108 valence electrons. The van der Waals surface area contributed by atoms with Crippen molar-refractivity contribution < 1.29 is 19.0 Å². The number of nitrogens with one attached hydrogen (secondary N) is 2. The molecule has 1 amide bonds. The third-order valence-corrected chi connectivity index (χ3v) is 3.95. The van der Waals surface area contributed by atoms with Gasteiger partial charge in [-0.2, -0.15) is 0 Å². The fourth-order valence-corrected chi connectivity index (χ4v) is 2.70. The normalized spacial score (nSPS) is 37.1. The highest BCUT2D eigenvalue weighted by Gasteiger charge is 2.49. The molecule has 19 heavy (non-hydrogen) atoms. The molecule has 0 aromatic rings. The van der Waals surface area contributed by atoms with E-state index in [9.17, 15) is 4.79 Å². The van der Waals surface area contributed by atoms with Crippen LogP contribution in [0.5, 0.6) is 0 Å². The van der Waals surface area contributed by atoms with Gasteiger partial charge in [-0.05, 0) is 32.2 Å². The Morgan fingerprint density at radius 3 is 2.79 bits per heavy atom. The van der Waals surface area contributed by atoms with Gasteiger partial charge in [-0.25, -0.2) is 4.79 Å². The second-order valence-electron chi connectivity index (χ2n) is 5.53. The quantitative estimate of drug-likeness (QED) is 0.750. The molecule has 0 bridgehead atoms. The van der Waals surface area contributed by atoms with Gasteiger partial charge in [0, 0.05) is 6.54 Å². The molecule has 1 aliphatic carbocycles. The Labute approximate surface area is 113 Å². The van der Waals surface area contributed by atoms with Crippen LogP contribution in [0.1, 0.15) is 19.8 Å². The molecule has 4 unspecified atom stereocenters. The van der Waals surface area contributed by atoms with Gasteiger partial charge in [-0.15, -0.1) is 0 Å². The van der Waals surface area contributed by atoms with Crippen LogP contribution in [0.15, 0.2) is 0 Å². The van der Waals surface area contributed by atoms with Crippen molar-refractivity contribution in [3.8, 4) is 0 Å². The molecule has 2 heterocycles. The van der Waals surface area contributed by atoms with E-state index in [4.69, 9.17) is 14.2 Å². The molecule has 0 spiro atoms. The second-order valence-corrected chi connectivity index (χ2v) is 5.53. The van der Waals surface area contributed by atoms with E-state index in [1.54, 1.807) is 0 Å². The van der Waals surface area contributed by atoms with Crippen LogP contribution >= 0.6 is 0 Å². The molecule has 1 saturated carbocycles. The van der Waals surface area contributed by atoms with Crippen LogP contribution in [0.25, 0.3) is 0 Å². The third-order valence-electron chi connectivity index (χ3n) is 3.95. The second kappa shape index (κ2) is 5.64. The van der Waals surface area contributed by atoms with Gasteiger partial charge in [0.15, 0.2) is 6.10 Å². The molecule has 0 aromatic heterocycles. The largest absolute Gasteiger partial charge is 0.441 e. The Balaban J connectivity index is 1.48. The summed E-state index contributed by atoms with van der Waals surface area (Å²) in [6.07, 6.45) is 1.87. The first-order valence-corrected chi connectivity index (χ1v) is 7.19. The Morgan fingerprint density at radius 1 is 1.26 bits per heavy atom. The van der Waals surface area contributed by atoms with Crippen LogP contribution in [-0.2, 0) is 14.2 Å². The van der Waals surface area contributed by atoms with E-state index in [1.165, 1.54) is 12.8 Å². The Morgan fingerprint density at radius 2 is 2.05 bits per heavy atom. The van der Waals surface area contributed by atoms with E-state index in [0.717, 1.165) is 12.5 Å². The van der Waals surface area contributed by atoms with E-state index in [1.807, 2.05) is 6.92 Å². The zero-order valence-corrected chi connectivity index (χ0v) is 11.3. The monoisotopic (exact) mass is 270 g/mol. The zero-order chi connectivity index (χ0) is 13.2. The van der Waals surface area contributed by atoms with Gasteiger partial charge >= 0.3 is 6.09 Å². The molecule has 0 aromatic carbocycles. The van der Waals surface area contributed by atoms with Crippen molar-refractivity contribution in [3.63, 3.8) is 0 Å². The predicted molar refractivity (Wildman–Crippen MR) is 67.9 cm³/mol. The number of carbonyl (C=O) groups excluding carboxylic acids is 1. The van der Waals surface area contributed by atoms with Crippen LogP contribution in [0, 0.1) is 5.92 Å². The minimum atomic E-state index is -0.394. The standard InChI is InChI=1S/C13H22N2O4/c1-2-14-13(16)19-10-7-18-11-9(6-17-12(10)11)15-5-8-3-4-8/h8-12,15H,2-7H2,1H3,(H,14,16). The predicted octanol–water partition coefficient (Wildman–Crippen LogP) is 0.267. The first-order chi connectivity index (χ1) is 9.28. The highest BCUT2D eigenvalue weighted by molar-refractivity contribution is 5.67. The van der Waals surface area contributed by atoms with Gasteiger partial charge in [0.25, 0.3) is 0 Å². The fourth-order valence-electron chi connectivity index (χ4n) is 2.70. The van der Waals surface area contributed by atoms with Crippen molar-refractivity contribution >= 4 is 6.09 Å². The van der Waals surface area contributed by atoms with Crippen LogP contribution in [-0.4, -0.2) is 56.8 Å². The van der Waals surface area contributed by atoms with Crippen molar-refractivity contribution in [1.29, 1.82) is 0 Å². The first-order valence-electron chi connectivity index (χ1n) is 7.19. The number of rotatable bonds is 5. The lowest BCUT2D eigenvalue weighted by Crippen LogP contribution is -2.42. The van der Waals surface area contributed by atoms with Gasteiger partial charge in [0.05, 0.1) is 19.3 Å². The molecule has 6 nitrogen and oxygen atoms in total. The minimum absolute atomic E-state index is 0.0122. The average Bonchev–Trinajstić information content (AvgIpc) is 3.00. The summed E-state index contributed by atoms with van der Waals surface area (Å²) in [5.41, 5.74) is 0. The van der Waals surface area contributed by atoms with Gasteiger partial charge in [0.1, 0.15) is 12.2 Å². The average molecular weight is 270 g/mol. The Bertz CT molecular complexity index is 335. The third kappa shape index (κ3) is 3.01. The van der Waals surface area contributed by atoms with E-state index < -0.39 is 6.09 Å². The van der Waals surface area contributed by atoms with Crippen LogP contribution in [0.4, 0.5) is 4.79 Å². The Hall–Kier alpha value is -0.850. The van der Waals surface area contributed by atoms with Crippen molar-refractivity contribution in [2.45, 2.75) is 44.1 Å². The number of hydrogen-bond donors (Lipinski definition) is 2. The molecule has 0 radical (unpaired) electrons. The van der Waals surface area contributed by atoms with E-state index >= 15 is 0 Å². The molecular formula is C13H22N2O4. The number of ether oxygens (including phenoxy) is 3. The highest BCUT2D eigenvalue weighted by atomic mass is 16.6. The number of carbonyl (C=O) groups is 1. The number of fused-ring (bicyclic) bond motifs is 1. The van der Waals surface area contributed by atoms with Crippen LogP contribution in [0.2, 0.25) is 0 Å². The van der Waals surface area contributed by atoms with Gasteiger partial charge in [-0.1, -0.05) is 0 Å². The SMILES string of the molecule is CCNC(=O)OC1COC2C(NCC3CC3)COC12. The molecular weight excluding hydrogens is 248 g/mol. The summed E-state index contributed by atoms with van der Waals surface area (Å²) in [6, 6.07) is 0.230. The Kier molecular flexibility index (Phi) is 3.91. The first kappa shape index (κ1) is 13.1. The maximum absolute atomic E-state index is 11.4. The summed E-state index contributed by atoms with van der Waals surface area (Å²) in [4.78, 5) is 11.4. The smallest absolute Gasteiger partial charge is 0.407 e. The minimum Gasteiger partial charge on any atom is -0.441 e. The lowest BCUT2D eigenvalue weighted by Gasteiger charge is -2.17. The van der Waals surface area contributed by atoms with Crippen LogP contribution < -0.4 is 10.6 Å². The number of alkyl carbamates (subject to hydrolysis) is 1. The maximum Gasteiger partial charge on any atom is 0.407 e. The summed E-state index contributed by atoms with van der Waals surface area (Å²) < 4.78 is 16.8. The maximum atomic E-state index is 11.4. The molecule has 2 saturated heterocycles. The number of hydrogen-bond acceptors (Lipinski definition) is 5. The molecule has 2 aliphatic heterocycles. The fraction of sp³-hybridized carbons (Fsp3) is 0.923. The van der Waals surface area contributed by atoms with E-state index in [0.29, 0.717) is 19.8 Å². The van der Waals surface area contributed by atoms with Crippen LogP contribution in [0.3, 0.4) is 0 Å². The molecule has 3 fully saturated rings. The summed E-state index contributed by atoms with van der Waals surface area (Å²) in [6.45, 7) is 4.53. The lowest BCUT2D eigenvalue weighted by atomic mass is 10.1. The molecule has 4 atom stereocenters. The highest BCUT2D eigenvalue weighted by Crippen LogP contribution is 2.31. The molecule has 2 N–H and O–H groups in total. The van der Waals surface area contributed by atoms with E-state index in [2.05, 4.69) is 10.6 Å². The van der Waals surface area contributed by atoms with Crippen molar-refractivity contribution in [2.75, 3.05) is 26.3 Å². The summed E-state index contributed by atoms with van der Waals surface area (Å²) in [5, 5.41) is 6.13. The zero-order valence-electron chi connectivity index (χ0n) is 11.3. The van der Waals surface area contributed by atoms with Gasteiger partial charge in [-0.3, -0.25) is 0 Å². The van der Waals surface area contributed by atoms with E-state index in [-0.39, 0.29) is 24.4 Å². The topological polar surface area (TPSA) is 68.8 Å². The molecule has 3 aliphatic rings. The summed E-state index contributed by atoms with van der Waals surface area (Å²) >= 11 is 0. The lowest BCUT2D eigenvalue weighted by molar-refractivity contribution is 0.00401. The van der Waals surface area contributed by atoms with Gasteiger partial charge in [0.2, 0.25) is 0 Å². The molecule has 3 rings (SSSR count). The summed E-state index contributed by atoms with van der Waals surface area (Å²) in [7, 11) is 0. The van der Waals surface area contributed by atoms with Crippen molar-refractivity contribution in [2.24, 2.45) is 5.92 Å². The van der Waals surface area contributed by atoms with Gasteiger partial charge < -0.3 is 24.8 Å². The molecule has 6 heteroatoms. The van der Waals surface area contributed by atoms with Crippen molar-refractivity contribution in [1.82, 2.24) is 10.6 Å².